The number of nitrogens with one attached hydrogen (secondary N) is 1. The van der Waals surface area contributed by atoms with Gasteiger partial charge in [-0.15, -0.1) is 0 Å². The number of halogens is 5. The molecule has 2 unspecified atom stereocenters. The average Bonchev–Trinajstić information content (AvgIpc) is 2.91. The van der Waals surface area contributed by atoms with Gasteiger partial charge in [-0.1, -0.05) is 24.9 Å². The van der Waals surface area contributed by atoms with Gasteiger partial charge in [-0.2, -0.15) is 0 Å². The maximum Gasteiger partial charge on any atom is 0.247 e. The summed E-state index contributed by atoms with van der Waals surface area (Å²) in [6, 6.07) is 6.92. The number of carbonyl (C=O) groups is 2. The fourth-order valence-electron chi connectivity index (χ4n) is 5.14. The fourth-order valence-corrected chi connectivity index (χ4v) is 5.30. The Labute approximate surface area is 227 Å². The molecule has 5 nitrogen and oxygen atoms in total. The molecule has 3 heterocycles. The third-order valence-corrected chi connectivity index (χ3v) is 7.55. The van der Waals surface area contributed by atoms with Crippen LogP contribution in [0.25, 0.3) is 16.7 Å². The van der Waals surface area contributed by atoms with Crippen molar-refractivity contribution in [2.45, 2.75) is 38.6 Å². The van der Waals surface area contributed by atoms with Crippen LogP contribution in [0.2, 0.25) is 5.02 Å². The zero-order valence-electron chi connectivity index (χ0n) is 20.9. The zero-order chi connectivity index (χ0) is 27.8. The van der Waals surface area contributed by atoms with Crippen LogP contribution in [0.15, 0.2) is 48.7 Å². The second kappa shape index (κ2) is 10.8. The van der Waals surface area contributed by atoms with E-state index < -0.39 is 41.1 Å². The van der Waals surface area contributed by atoms with Crippen LogP contribution in [-0.2, 0) is 9.59 Å². The summed E-state index contributed by atoms with van der Waals surface area (Å²) in [4.78, 5) is 32.2. The summed E-state index contributed by atoms with van der Waals surface area (Å²) in [5.41, 5.74) is 1.30. The highest BCUT2D eigenvalue weighted by Gasteiger charge is 2.31. The standard InChI is InChI=1S/C29H24ClF4N3O2/c1-15-3-2-4-25(37-10-8-17(12-26(37)38)27-20(31)6-5-19(30)28(27)34)24-11-16(7-9-35-24)18-13-21(32)22(33)14-23(18)36-29(15)39/h5-7,9,11-15,25H,2-4,8,10H2,1H3,(H,36,39). The lowest BCUT2D eigenvalue weighted by Crippen LogP contribution is -2.38. The van der Waals surface area contributed by atoms with E-state index in [-0.39, 0.29) is 46.3 Å². The first-order chi connectivity index (χ1) is 18.6. The lowest BCUT2D eigenvalue weighted by molar-refractivity contribution is -0.129. The Kier molecular flexibility index (Phi) is 7.44. The summed E-state index contributed by atoms with van der Waals surface area (Å²) in [6.45, 7) is 1.90. The maximum absolute atomic E-state index is 14.6. The minimum atomic E-state index is -1.09. The highest BCUT2D eigenvalue weighted by Crippen LogP contribution is 2.38. The lowest BCUT2D eigenvalue weighted by atomic mass is 9.92. The van der Waals surface area contributed by atoms with E-state index in [1.165, 1.54) is 12.3 Å². The van der Waals surface area contributed by atoms with Gasteiger partial charge in [0.15, 0.2) is 17.5 Å². The van der Waals surface area contributed by atoms with Gasteiger partial charge in [-0.25, -0.2) is 17.6 Å². The van der Waals surface area contributed by atoms with Crippen LogP contribution in [0.1, 0.15) is 49.9 Å². The van der Waals surface area contributed by atoms with Crippen molar-refractivity contribution in [1.29, 1.82) is 0 Å². The predicted octanol–water partition coefficient (Wildman–Crippen LogP) is 7.07. The number of rotatable bonds is 2. The van der Waals surface area contributed by atoms with Crippen molar-refractivity contribution in [2.75, 3.05) is 11.9 Å². The minimum absolute atomic E-state index is 0.132. The highest BCUT2D eigenvalue weighted by molar-refractivity contribution is 6.31. The first-order valence-corrected chi connectivity index (χ1v) is 12.9. The van der Waals surface area contributed by atoms with E-state index in [1.807, 2.05) is 0 Å². The van der Waals surface area contributed by atoms with Crippen LogP contribution in [0.4, 0.5) is 23.2 Å². The number of carbonyl (C=O) groups excluding carboxylic acids is 2. The van der Waals surface area contributed by atoms with Gasteiger partial charge in [0.05, 0.1) is 28.0 Å². The van der Waals surface area contributed by atoms with E-state index in [0.29, 0.717) is 30.5 Å². The molecule has 0 radical (unpaired) electrons. The summed E-state index contributed by atoms with van der Waals surface area (Å²) in [5.74, 6) is -5.09. The van der Waals surface area contributed by atoms with Crippen LogP contribution >= 0.6 is 11.6 Å². The maximum atomic E-state index is 14.6. The first kappa shape index (κ1) is 26.9. The molecule has 2 atom stereocenters. The number of hydrogen-bond donors (Lipinski definition) is 1. The number of pyridine rings is 1. The number of benzene rings is 2. The van der Waals surface area contributed by atoms with Crippen molar-refractivity contribution in [3.8, 4) is 11.1 Å². The Hall–Kier alpha value is -3.72. The summed E-state index contributed by atoms with van der Waals surface area (Å²) >= 11 is 5.85. The van der Waals surface area contributed by atoms with Crippen molar-refractivity contribution in [1.82, 2.24) is 9.88 Å². The molecule has 0 saturated carbocycles. The second-order valence-electron chi connectivity index (χ2n) is 9.79. The largest absolute Gasteiger partial charge is 0.330 e. The molecule has 3 aromatic rings. The van der Waals surface area contributed by atoms with Crippen LogP contribution in [0.5, 0.6) is 0 Å². The van der Waals surface area contributed by atoms with Crippen LogP contribution in [0.3, 0.4) is 0 Å². The Morgan fingerprint density at radius 3 is 2.54 bits per heavy atom. The molecule has 0 saturated heterocycles. The molecule has 1 aromatic heterocycles. The van der Waals surface area contributed by atoms with Crippen molar-refractivity contribution in [3.63, 3.8) is 0 Å². The Morgan fingerprint density at radius 2 is 1.77 bits per heavy atom. The number of hydrogen-bond acceptors (Lipinski definition) is 3. The normalized spacial score (nSPS) is 19.9. The van der Waals surface area contributed by atoms with Gasteiger partial charge in [-0.3, -0.25) is 14.6 Å². The van der Waals surface area contributed by atoms with Gasteiger partial charge in [0.1, 0.15) is 5.82 Å². The monoisotopic (exact) mass is 557 g/mol. The molecule has 2 aliphatic heterocycles. The fraction of sp³-hybridized carbons (Fsp3) is 0.276. The SMILES string of the molecule is CC1CCCC(N2CCC(c3c(F)ccc(Cl)c3F)=CC2=O)c2cc(ccn2)-c2cc(F)c(F)cc2NC1=O. The average molecular weight is 558 g/mol. The lowest BCUT2D eigenvalue weighted by Gasteiger charge is -2.34. The molecule has 10 heteroatoms. The molecular formula is C29H24ClF4N3O2. The molecule has 2 aromatic carbocycles. The van der Waals surface area contributed by atoms with Gasteiger partial charge in [0, 0.05) is 36.4 Å². The summed E-state index contributed by atoms with van der Waals surface area (Å²) in [6.07, 6.45) is 4.41. The quantitative estimate of drug-likeness (QED) is 0.271. The van der Waals surface area contributed by atoms with E-state index >= 15 is 0 Å². The van der Waals surface area contributed by atoms with E-state index in [2.05, 4.69) is 10.3 Å². The summed E-state index contributed by atoms with van der Waals surface area (Å²) < 4.78 is 57.5. The van der Waals surface area contributed by atoms with Crippen molar-refractivity contribution in [3.05, 3.63) is 88.2 Å². The van der Waals surface area contributed by atoms with Gasteiger partial charge < -0.3 is 10.2 Å². The van der Waals surface area contributed by atoms with Crippen molar-refractivity contribution >= 4 is 34.7 Å². The van der Waals surface area contributed by atoms with Gasteiger partial charge in [0.2, 0.25) is 11.8 Å². The smallest absolute Gasteiger partial charge is 0.247 e. The summed E-state index contributed by atoms with van der Waals surface area (Å²) in [5, 5.41) is 2.47. The number of aromatic nitrogens is 1. The molecule has 0 aliphatic carbocycles. The number of anilines is 1. The first-order valence-electron chi connectivity index (χ1n) is 12.5. The Bertz CT molecular complexity index is 1510. The molecule has 0 fully saturated rings. The molecule has 0 spiro atoms. The Morgan fingerprint density at radius 1 is 1.00 bits per heavy atom. The molecular weight excluding hydrogens is 534 g/mol. The van der Waals surface area contributed by atoms with E-state index in [1.54, 1.807) is 24.0 Å². The van der Waals surface area contributed by atoms with Gasteiger partial charge in [-0.05, 0) is 60.7 Å². The van der Waals surface area contributed by atoms with Crippen LogP contribution in [-0.4, -0.2) is 28.2 Å². The molecule has 39 heavy (non-hydrogen) atoms. The zero-order valence-corrected chi connectivity index (χ0v) is 21.7. The second-order valence-corrected chi connectivity index (χ2v) is 10.2. The van der Waals surface area contributed by atoms with E-state index in [0.717, 1.165) is 24.3 Å². The minimum Gasteiger partial charge on any atom is -0.330 e. The third kappa shape index (κ3) is 5.28. The molecule has 1 N–H and O–H groups in total. The van der Waals surface area contributed by atoms with Gasteiger partial charge >= 0.3 is 0 Å². The third-order valence-electron chi connectivity index (χ3n) is 7.26. The molecule has 5 rings (SSSR count). The molecule has 2 bridgehead atoms. The van der Waals surface area contributed by atoms with Crippen molar-refractivity contribution < 1.29 is 27.2 Å². The highest BCUT2D eigenvalue weighted by atomic mass is 35.5. The number of amides is 2. The molecule has 2 aliphatic rings. The van der Waals surface area contributed by atoms with E-state index in [4.69, 9.17) is 11.6 Å². The summed E-state index contributed by atoms with van der Waals surface area (Å²) in [7, 11) is 0. The predicted molar refractivity (Wildman–Crippen MR) is 140 cm³/mol. The van der Waals surface area contributed by atoms with Crippen LogP contribution < -0.4 is 5.32 Å². The number of fused-ring (bicyclic) bond motifs is 4. The van der Waals surface area contributed by atoms with Crippen molar-refractivity contribution in [2.24, 2.45) is 5.92 Å². The topological polar surface area (TPSA) is 62.3 Å². The van der Waals surface area contributed by atoms with Gasteiger partial charge in [0.25, 0.3) is 0 Å². The van der Waals surface area contributed by atoms with Crippen LogP contribution in [0, 0.1) is 29.2 Å². The Balaban J connectivity index is 1.55. The number of nitrogens with zero attached hydrogens (tertiary/aromatic N) is 2. The molecule has 202 valence electrons. The molecule has 2 amide bonds. The van der Waals surface area contributed by atoms with E-state index in [9.17, 15) is 27.2 Å².